The molecule has 0 saturated heterocycles. The number of hydrogen-bond acceptors (Lipinski definition) is 4. The summed E-state index contributed by atoms with van der Waals surface area (Å²) in [5.41, 5.74) is 1.64. The first-order valence-corrected chi connectivity index (χ1v) is 11.6. The summed E-state index contributed by atoms with van der Waals surface area (Å²) in [7, 11) is -3.50. The van der Waals surface area contributed by atoms with Crippen LogP contribution in [0.2, 0.25) is 0 Å². The van der Waals surface area contributed by atoms with Crippen LogP contribution in [0.4, 0.5) is 0 Å². The highest BCUT2D eigenvalue weighted by Gasteiger charge is 2.40. The van der Waals surface area contributed by atoms with E-state index in [-0.39, 0.29) is 4.90 Å². The molecular formula is C24H22N4O2S. The second kappa shape index (κ2) is 7.68. The molecule has 1 aromatic heterocycles. The number of ether oxygens (including phenoxy) is 1. The minimum atomic E-state index is -3.50. The number of benzene rings is 3. The number of aromatic nitrogens is 2. The van der Waals surface area contributed by atoms with Gasteiger partial charge in [0.15, 0.2) is 0 Å². The fraction of sp³-hybridized carbons (Fsp3) is 0.125. The van der Waals surface area contributed by atoms with Crippen molar-refractivity contribution in [3.05, 3.63) is 114 Å². The van der Waals surface area contributed by atoms with Crippen LogP contribution in [0, 0.1) is 4.78 Å². The Morgan fingerprint density at radius 3 is 1.84 bits per heavy atom. The molecule has 1 aliphatic heterocycles. The SMILES string of the molecule is N=S(=O)(NC(c1ccccc1)(c1ccccc1)c1ccccc1)c1cnn2c1OCC2. The van der Waals surface area contributed by atoms with E-state index in [1.165, 1.54) is 6.20 Å². The molecule has 3 aromatic carbocycles. The highest BCUT2D eigenvalue weighted by molar-refractivity contribution is 7.90. The topological polar surface area (TPSA) is 80.0 Å². The molecule has 0 spiro atoms. The zero-order valence-electron chi connectivity index (χ0n) is 16.8. The lowest BCUT2D eigenvalue weighted by atomic mass is 9.78. The average molecular weight is 431 g/mol. The Balaban J connectivity index is 1.76. The first-order chi connectivity index (χ1) is 15.1. The third-order valence-electron chi connectivity index (χ3n) is 5.53. The van der Waals surface area contributed by atoms with E-state index in [0.29, 0.717) is 19.0 Å². The van der Waals surface area contributed by atoms with Gasteiger partial charge in [-0.3, -0.25) is 0 Å². The second-order valence-electron chi connectivity index (χ2n) is 7.39. The standard InChI is InChI=1S/C24H22N4O2S/c25-31(29,22-18-26-28-16-17-30-23(22)28)27-24(19-10-4-1-5-11-19,20-12-6-2-7-13-20)21-14-8-3-9-15-21/h1-15,18H,16-17H2,(H2,25,27,29). The van der Waals surface area contributed by atoms with Gasteiger partial charge in [0.05, 0.1) is 12.7 Å². The van der Waals surface area contributed by atoms with Gasteiger partial charge in [-0.15, -0.1) is 0 Å². The normalized spacial score (nSPS) is 15.1. The van der Waals surface area contributed by atoms with E-state index < -0.39 is 15.5 Å². The van der Waals surface area contributed by atoms with Crippen LogP contribution in [0.5, 0.6) is 5.88 Å². The Kier molecular flexibility index (Phi) is 4.84. The minimum absolute atomic E-state index is 0.261. The maximum absolute atomic E-state index is 14.0. The summed E-state index contributed by atoms with van der Waals surface area (Å²) in [5, 5.41) is 4.26. The summed E-state index contributed by atoms with van der Waals surface area (Å²) < 4.78 is 33.5. The molecule has 0 saturated carbocycles. The lowest BCUT2D eigenvalue weighted by molar-refractivity contribution is 0.349. The highest BCUT2D eigenvalue weighted by atomic mass is 32.2. The summed E-state index contributed by atoms with van der Waals surface area (Å²) in [6, 6.07) is 29.5. The number of rotatable bonds is 6. The Labute approximate surface area is 181 Å². The van der Waals surface area contributed by atoms with E-state index in [4.69, 9.17) is 9.52 Å². The van der Waals surface area contributed by atoms with Crippen molar-refractivity contribution in [3.8, 4) is 5.88 Å². The van der Waals surface area contributed by atoms with E-state index in [9.17, 15) is 4.21 Å². The van der Waals surface area contributed by atoms with Crippen molar-refractivity contribution in [1.82, 2.24) is 14.5 Å². The molecule has 0 bridgehead atoms. The van der Waals surface area contributed by atoms with E-state index in [1.807, 2.05) is 91.0 Å². The lowest BCUT2D eigenvalue weighted by Crippen LogP contribution is -2.47. The van der Waals surface area contributed by atoms with Crippen LogP contribution in [0.25, 0.3) is 0 Å². The molecule has 2 N–H and O–H groups in total. The van der Waals surface area contributed by atoms with Gasteiger partial charge in [0, 0.05) is 0 Å². The molecule has 31 heavy (non-hydrogen) atoms. The maximum atomic E-state index is 14.0. The highest BCUT2D eigenvalue weighted by Crippen LogP contribution is 2.39. The summed E-state index contributed by atoms with van der Waals surface area (Å²) in [6.45, 7) is 1.05. The van der Waals surface area contributed by atoms with Gasteiger partial charge >= 0.3 is 0 Å². The lowest BCUT2D eigenvalue weighted by Gasteiger charge is -2.37. The van der Waals surface area contributed by atoms with Crippen LogP contribution in [-0.4, -0.2) is 20.6 Å². The van der Waals surface area contributed by atoms with Gasteiger partial charge < -0.3 is 4.74 Å². The van der Waals surface area contributed by atoms with E-state index in [2.05, 4.69) is 9.82 Å². The third kappa shape index (κ3) is 3.32. The van der Waals surface area contributed by atoms with Crippen molar-refractivity contribution in [2.75, 3.05) is 6.61 Å². The molecule has 2 heterocycles. The Morgan fingerprint density at radius 2 is 1.35 bits per heavy atom. The third-order valence-corrected chi connectivity index (χ3v) is 7.02. The van der Waals surface area contributed by atoms with Crippen LogP contribution < -0.4 is 9.46 Å². The Bertz CT molecular complexity index is 1190. The van der Waals surface area contributed by atoms with Gasteiger partial charge in [0.25, 0.3) is 0 Å². The molecule has 1 aliphatic rings. The van der Waals surface area contributed by atoms with Crippen molar-refractivity contribution < 1.29 is 8.95 Å². The molecule has 1 unspecified atom stereocenters. The smallest absolute Gasteiger partial charge is 0.230 e. The fourth-order valence-corrected chi connectivity index (χ4v) is 5.60. The predicted octanol–water partition coefficient (Wildman–Crippen LogP) is 4.18. The van der Waals surface area contributed by atoms with Crippen molar-refractivity contribution in [2.45, 2.75) is 17.0 Å². The van der Waals surface area contributed by atoms with Crippen molar-refractivity contribution >= 4 is 9.92 Å². The fourth-order valence-electron chi connectivity index (χ4n) is 4.10. The number of hydrogen-bond donors (Lipinski definition) is 2. The summed E-state index contributed by atoms with van der Waals surface area (Å²) >= 11 is 0. The molecule has 0 radical (unpaired) electrons. The van der Waals surface area contributed by atoms with Gasteiger partial charge in [-0.2, -0.15) is 5.10 Å². The molecule has 4 aromatic rings. The number of nitrogens with one attached hydrogen (secondary N) is 2. The van der Waals surface area contributed by atoms with Gasteiger partial charge in [0.1, 0.15) is 27.0 Å². The molecule has 7 heteroatoms. The molecule has 5 rings (SSSR count). The molecule has 6 nitrogen and oxygen atoms in total. The van der Waals surface area contributed by atoms with Crippen molar-refractivity contribution in [2.24, 2.45) is 0 Å². The monoisotopic (exact) mass is 430 g/mol. The molecule has 0 amide bonds. The predicted molar refractivity (Wildman–Crippen MR) is 119 cm³/mol. The average Bonchev–Trinajstić information content (AvgIpc) is 3.43. The quantitative estimate of drug-likeness (QED) is 0.451. The van der Waals surface area contributed by atoms with E-state index in [0.717, 1.165) is 16.7 Å². The van der Waals surface area contributed by atoms with Gasteiger partial charge in [-0.25, -0.2) is 18.4 Å². The maximum Gasteiger partial charge on any atom is 0.230 e. The zero-order chi connectivity index (χ0) is 21.3. The first-order valence-electron chi connectivity index (χ1n) is 10.0. The summed E-state index contributed by atoms with van der Waals surface area (Å²) in [5.74, 6) is 0.399. The van der Waals surface area contributed by atoms with Crippen molar-refractivity contribution in [1.29, 1.82) is 4.78 Å². The zero-order valence-corrected chi connectivity index (χ0v) is 17.6. The minimum Gasteiger partial charge on any atom is -0.475 e. The van der Waals surface area contributed by atoms with Gasteiger partial charge in [-0.1, -0.05) is 91.0 Å². The molecule has 0 fully saturated rings. The second-order valence-corrected chi connectivity index (χ2v) is 9.15. The molecular weight excluding hydrogens is 408 g/mol. The largest absolute Gasteiger partial charge is 0.475 e. The van der Waals surface area contributed by atoms with Crippen molar-refractivity contribution in [3.63, 3.8) is 0 Å². The summed E-state index contributed by atoms with van der Waals surface area (Å²) in [4.78, 5) is 0.261. The van der Waals surface area contributed by atoms with Gasteiger partial charge in [0.2, 0.25) is 5.88 Å². The molecule has 156 valence electrons. The van der Waals surface area contributed by atoms with Crippen LogP contribution >= 0.6 is 0 Å². The molecule has 1 atom stereocenters. The summed E-state index contributed by atoms with van der Waals surface area (Å²) in [6.07, 6.45) is 1.47. The first kappa shape index (κ1) is 19.5. The number of nitrogens with zero attached hydrogens (tertiary/aromatic N) is 2. The van der Waals surface area contributed by atoms with E-state index >= 15 is 0 Å². The number of fused-ring (bicyclic) bond motifs is 1. The van der Waals surface area contributed by atoms with E-state index in [1.54, 1.807) is 4.68 Å². The van der Waals surface area contributed by atoms with Gasteiger partial charge in [-0.05, 0) is 16.7 Å². The van der Waals surface area contributed by atoms with Crippen LogP contribution in [0.15, 0.2) is 102 Å². The van der Waals surface area contributed by atoms with Crippen LogP contribution in [0.3, 0.4) is 0 Å². The Morgan fingerprint density at radius 1 is 0.871 bits per heavy atom. The van der Waals surface area contributed by atoms with Crippen LogP contribution in [0.1, 0.15) is 16.7 Å². The Hall–Kier alpha value is -3.42. The molecule has 0 aliphatic carbocycles. The van der Waals surface area contributed by atoms with Crippen LogP contribution in [-0.2, 0) is 22.0 Å².